The van der Waals surface area contributed by atoms with Crippen LogP contribution < -0.4 is 0 Å². The summed E-state index contributed by atoms with van der Waals surface area (Å²) in [7, 11) is 0. The van der Waals surface area contributed by atoms with Gasteiger partial charge in [0.05, 0.1) is 34.6 Å². The summed E-state index contributed by atoms with van der Waals surface area (Å²) in [5.74, 6) is -2.72. The molecule has 1 fully saturated rings. The average molecular weight is 507 g/mol. The number of amides is 2. The molecule has 0 spiro atoms. The van der Waals surface area contributed by atoms with E-state index in [-0.39, 0.29) is 40.7 Å². The second-order valence-corrected chi connectivity index (χ2v) is 9.62. The van der Waals surface area contributed by atoms with Crippen molar-refractivity contribution in [2.45, 2.75) is 11.8 Å². The highest BCUT2D eigenvalue weighted by Gasteiger charge is 2.61. The lowest BCUT2D eigenvalue weighted by molar-refractivity contribution is -0.384. The molecule has 8 rings (SSSR count). The van der Waals surface area contributed by atoms with Crippen molar-refractivity contribution in [3.05, 3.63) is 123 Å². The van der Waals surface area contributed by atoms with Gasteiger partial charge in [-0.15, -0.1) is 0 Å². The van der Waals surface area contributed by atoms with Gasteiger partial charge >= 0.3 is 0 Å². The minimum absolute atomic E-state index is 0.0995. The van der Waals surface area contributed by atoms with E-state index in [4.69, 9.17) is 4.42 Å². The molecule has 0 unspecified atom stereocenters. The van der Waals surface area contributed by atoms with Crippen molar-refractivity contribution in [2.75, 3.05) is 0 Å². The van der Waals surface area contributed by atoms with Gasteiger partial charge in [-0.1, -0.05) is 48.5 Å². The molecule has 2 atom stereocenters. The number of nitro groups is 1. The molecule has 186 valence electrons. The largest absolute Gasteiger partial charge is 0.455 e. The van der Waals surface area contributed by atoms with Crippen molar-refractivity contribution in [1.29, 1.82) is 0 Å². The van der Waals surface area contributed by atoms with Crippen molar-refractivity contribution in [3.8, 4) is 11.3 Å². The van der Waals surface area contributed by atoms with E-state index >= 15 is 0 Å². The van der Waals surface area contributed by atoms with E-state index in [0.29, 0.717) is 0 Å². The fourth-order valence-corrected chi connectivity index (χ4v) is 6.32. The highest BCUT2D eigenvalue weighted by molar-refractivity contribution is 6.08. The minimum atomic E-state index is -0.736. The zero-order valence-corrected chi connectivity index (χ0v) is 19.7. The van der Waals surface area contributed by atoms with Crippen LogP contribution in [0.15, 0.2) is 88.4 Å². The van der Waals surface area contributed by atoms with Crippen LogP contribution in [-0.2, 0) is 9.59 Å². The van der Waals surface area contributed by atoms with E-state index in [1.165, 1.54) is 24.4 Å². The molecule has 3 aromatic carbocycles. The topological polar surface area (TPSA) is 106 Å². The summed E-state index contributed by atoms with van der Waals surface area (Å²) in [5.41, 5.74) is 3.94. The Balaban J connectivity index is 1.22. The molecule has 0 saturated carbocycles. The van der Waals surface area contributed by atoms with Gasteiger partial charge in [0.1, 0.15) is 17.3 Å². The number of nitrogens with zero attached hydrogens (tertiary/aromatic N) is 3. The van der Waals surface area contributed by atoms with Gasteiger partial charge in [0.15, 0.2) is 0 Å². The molecule has 4 aliphatic rings. The highest BCUT2D eigenvalue weighted by atomic mass is 19.1. The molecule has 0 N–H and O–H groups in total. The predicted octanol–water partition coefficient (Wildman–Crippen LogP) is 5.22. The molecule has 2 amide bonds. The van der Waals surface area contributed by atoms with Gasteiger partial charge in [-0.2, -0.15) is 10.1 Å². The first-order chi connectivity index (χ1) is 18.4. The monoisotopic (exact) mass is 507 g/mol. The third-order valence-corrected chi connectivity index (χ3v) is 7.77. The number of halogens is 1. The third kappa shape index (κ3) is 3.05. The van der Waals surface area contributed by atoms with Crippen molar-refractivity contribution in [2.24, 2.45) is 16.9 Å². The van der Waals surface area contributed by atoms with Crippen molar-refractivity contribution < 1.29 is 23.3 Å². The van der Waals surface area contributed by atoms with Crippen LogP contribution in [0, 0.1) is 27.8 Å². The number of carbonyl (C=O) groups excluding carboxylic acids is 2. The van der Waals surface area contributed by atoms with Crippen LogP contribution in [0.2, 0.25) is 0 Å². The molecule has 0 radical (unpaired) electrons. The van der Waals surface area contributed by atoms with Crippen LogP contribution in [0.3, 0.4) is 0 Å². The molecule has 1 aromatic heterocycles. The molecule has 8 nitrogen and oxygen atoms in total. The molecule has 3 aliphatic carbocycles. The maximum absolute atomic E-state index is 13.6. The number of carbonyl (C=O) groups is 2. The lowest BCUT2D eigenvalue weighted by Gasteiger charge is -2.45. The summed E-state index contributed by atoms with van der Waals surface area (Å²) in [6.45, 7) is 0. The first kappa shape index (κ1) is 22.3. The highest BCUT2D eigenvalue weighted by Crippen LogP contribution is 2.60. The second kappa shape index (κ2) is 8.04. The van der Waals surface area contributed by atoms with E-state index in [2.05, 4.69) is 5.10 Å². The second-order valence-electron chi connectivity index (χ2n) is 9.62. The molecule has 2 bridgehead atoms. The van der Waals surface area contributed by atoms with Crippen LogP contribution in [0.5, 0.6) is 0 Å². The quantitative estimate of drug-likeness (QED) is 0.163. The Hall–Kier alpha value is -4.92. The Kier molecular flexibility index (Phi) is 4.72. The van der Waals surface area contributed by atoms with E-state index in [9.17, 15) is 24.1 Å². The SMILES string of the molecule is O=C1[C@H]2C3c4ccccc4C(c4ccccc43)[C@@H]2C(=O)N1/N=C\c1ccc(-c2ccc(F)cc2[N+](=O)[O-])o1. The number of imide groups is 1. The first-order valence-corrected chi connectivity index (χ1v) is 12.1. The summed E-state index contributed by atoms with van der Waals surface area (Å²) in [6, 6.07) is 22.1. The maximum Gasteiger partial charge on any atom is 0.283 e. The predicted molar refractivity (Wildman–Crippen MR) is 134 cm³/mol. The Bertz CT molecular complexity index is 1590. The van der Waals surface area contributed by atoms with Crippen LogP contribution in [0.25, 0.3) is 11.3 Å². The van der Waals surface area contributed by atoms with Gasteiger partial charge in [-0.3, -0.25) is 19.7 Å². The van der Waals surface area contributed by atoms with Gasteiger partial charge in [0.2, 0.25) is 0 Å². The number of furan rings is 1. The summed E-state index contributed by atoms with van der Waals surface area (Å²) in [4.78, 5) is 37.9. The van der Waals surface area contributed by atoms with Crippen molar-refractivity contribution >= 4 is 23.7 Å². The van der Waals surface area contributed by atoms with E-state index in [1.54, 1.807) is 0 Å². The lowest BCUT2D eigenvalue weighted by Crippen LogP contribution is -2.41. The Morgan fingerprint density at radius 1 is 0.842 bits per heavy atom. The normalized spacial score (nSPS) is 23.0. The van der Waals surface area contributed by atoms with Crippen LogP contribution in [-0.4, -0.2) is 28.0 Å². The third-order valence-electron chi connectivity index (χ3n) is 7.77. The van der Waals surface area contributed by atoms with Gasteiger partial charge in [-0.25, -0.2) is 4.39 Å². The summed E-state index contributed by atoms with van der Waals surface area (Å²) < 4.78 is 19.2. The smallest absolute Gasteiger partial charge is 0.283 e. The Labute approximate surface area is 215 Å². The molecule has 9 heteroatoms. The number of hydrogen-bond acceptors (Lipinski definition) is 6. The number of rotatable bonds is 4. The number of benzene rings is 3. The lowest BCUT2D eigenvalue weighted by atomic mass is 9.55. The molecular formula is C29H18FN3O5. The molecule has 1 aliphatic heterocycles. The Morgan fingerprint density at radius 2 is 1.39 bits per heavy atom. The Morgan fingerprint density at radius 3 is 1.92 bits per heavy atom. The first-order valence-electron chi connectivity index (χ1n) is 12.1. The van der Waals surface area contributed by atoms with E-state index in [0.717, 1.165) is 39.4 Å². The zero-order chi connectivity index (χ0) is 26.1. The molecule has 1 saturated heterocycles. The fraction of sp³-hybridized carbons (Fsp3) is 0.138. The van der Waals surface area contributed by atoms with Crippen LogP contribution >= 0.6 is 0 Å². The summed E-state index contributed by atoms with van der Waals surface area (Å²) in [6.07, 6.45) is 1.24. The average Bonchev–Trinajstić information content (AvgIpc) is 3.50. The van der Waals surface area contributed by atoms with Crippen molar-refractivity contribution in [1.82, 2.24) is 5.01 Å². The number of nitro benzene ring substituents is 1. The van der Waals surface area contributed by atoms with Gasteiger partial charge in [-0.05, 0) is 46.5 Å². The van der Waals surface area contributed by atoms with Crippen LogP contribution in [0.4, 0.5) is 10.1 Å². The van der Waals surface area contributed by atoms with Crippen LogP contribution in [0.1, 0.15) is 39.8 Å². The standard InChI is InChI=1S/C29H18FN3O5/c30-15-9-11-21(22(13-15)33(36)37)23-12-10-16(38-23)14-31-32-28(34)26-24-17-5-1-2-6-18(17)25(27(26)29(32)35)20-8-4-3-7-19(20)24/h1-14,24-27H/b31-14-/t24?,25?,26-,27-/m0/s1. The molecular weight excluding hydrogens is 489 g/mol. The summed E-state index contributed by atoms with van der Waals surface area (Å²) in [5, 5.41) is 16.5. The fourth-order valence-electron chi connectivity index (χ4n) is 6.32. The van der Waals surface area contributed by atoms with Gasteiger partial charge in [0, 0.05) is 11.8 Å². The van der Waals surface area contributed by atoms with Crippen molar-refractivity contribution in [3.63, 3.8) is 0 Å². The number of hydrogen-bond donors (Lipinski definition) is 0. The molecule has 38 heavy (non-hydrogen) atoms. The van der Waals surface area contributed by atoms with Gasteiger partial charge < -0.3 is 4.42 Å². The maximum atomic E-state index is 13.6. The number of hydrazone groups is 1. The van der Waals surface area contributed by atoms with E-state index < -0.39 is 28.3 Å². The van der Waals surface area contributed by atoms with E-state index in [1.807, 2.05) is 48.5 Å². The summed E-state index contributed by atoms with van der Waals surface area (Å²) >= 11 is 0. The van der Waals surface area contributed by atoms with Gasteiger partial charge in [0.25, 0.3) is 17.5 Å². The molecule has 2 heterocycles. The minimum Gasteiger partial charge on any atom is -0.455 e. The zero-order valence-electron chi connectivity index (χ0n) is 19.7. The molecule has 4 aromatic rings.